The molecule has 2 heteroatoms. The van der Waals surface area contributed by atoms with Crippen molar-refractivity contribution >= 4 is 10.9 Å². The van der Waals surface area contributed by atoms with Crippen molar-refractivity contribution in [3.05, 3.63) is 66.4 Å². The van der Waals surface area contributed by atoms with Crippen molar-refractivity contribution in [3.8, 4) is 5.75 Å². The topological polar surface area (TPSA) is 14.2 Å². The van der Waals surface area contributed by atoms with Gasteiger partial charge in [0.05, 0.1) is 12.6 Å². The number of para-hydroxylation sites is 2. The number of nitrogens with zero attached hydrogens (tertiary/aromatic N) is 1. The number of methoxy groups -OCH3 is 1. The van der Waals surface area contributed by atoms with Crippen molar-refractivity contribution in [3.63, 3.8) is 0 Å². The predicted octanol–water partition coefficient (Wildman–Crippen LogP) is 4.43. The highest BCUT2D eigenvalue weighted by atomic mass is 16.5. The number of benzene rings is 2. The molecule has 0 amide bonds. The van der Waals surface area contributed by atoms with Crippen LogP contribution in [-0.2, 0) is 5.54 Å². The molecule has 2 aromatic carbocycles. The number of fused-ring (bicyclic) bond motifs is 1. The summed E-state index contributed by atoms with van der Waals surface area (Å²) < 4.78 is 7.83. The Bertz CT molecular complexity index is 740. The van der Waals surface area contributed by atoms with E-state index in [2.05, 4.69) is 67.1 Å². The molecule has 0 aliphatic heterocycles. The average Bonchev–Trinajstić information content (AvgIpc) is 2.92. The number of hydrogen-bond acceptors (Lipinski definition) is 1. The van der Waals surface area contributed by atoms with Crippen LogP contribution in [0, 0.1) is 0 Å². The molecule has 0 fully saturated rings. The van der Waals surface area contributed by atoms with E-state index in [0.29, 0.717) is 0 Å². The zero-order chi connectivity index (χ0) is 14.2. The Hall–Kier alpha value is -2.22. The predicted molar refractivity (Wildman–Crippen MR) is 83.4 cm³/mol. The standard InChI is InChI=1S/C18H19NO/c1-18(2,15-9-5-7-11-17(15)20-3)19-13-12-14-8-4-6-10-16(14)19/h4-13H,1-3H3. The lowest BCUT2D eigenvalue weighted by Crippen LogP contribution is -2.27. The summed E-state index contributed by atoms with van der Waals surface area (Å²) in [6.45, 7) is 4.44. The number of aromatic nitrogens is 1. The Kier molecular flexibility index (Phi) is 3.01. The molecule has 20 heavy (non-hydrogen) atoms. The number of ether oxygens (including phenoxy) is 1. The molecule has 102 valence electrons. The van der Waals surface area contributed by atoms with E-state index in [0.717, 1.165) is 5.75 Å². The van der Waals surface area contributed by atoms with E-state index in [-0.39, 0.29) is 5.54 Å². The van der Waals surface area contributed by atoms with Crippen LogP contribution in [0.5, 0.6) is 5.75 Å². The molecule has 3 rings (SSSR count). The summed E-state index contributed by atoms with van der Waals surface area (Å²) in [5.41, 5.74) is 2.25. The van der Waals surface area contributed by atoms with E-state index in [1.807, 2.05) is 12.1 Å². The molecule has 0 saturated carbocycles. The van der Waals surface area contributed by atoms with Gasteiger partial charge in [-0.25, -0.2) is 0 Å². The normalized spacial score (nSPS) is 11.8. The number of hydrogen-bond donors (Lipinski definition) is 0. The second kappa shape index (κ2) is 4.71. The summed E-state index contributed by atoms with van der Waals surface area (Å²) >= 11 is 0. The van der Waals surface area contributed by atoms with Crippen LogP contribution in [0.4, 0.5) is 0 Å². The minimum absolute atomic E-state index is 0.171. The van der Waals surface area contributed by atoms with Crippen LogP contribution >= 0.6 is 0 Å². The minimum Gasteiger partial charge on any atom is -0.496 e. The van der Waals surface area contributed by atoms with Gasteiger partial charge in [0, 0.05) is 17.3 Å². The third-order valence-corrected chi connectivity index (χ3v) is 3.97. The van der Waals surface area contributed by atoms with Gasteiger partial charge in [-0.2, -0.15) is 0 Å². The maximum absolute atomic E-state index is 5.53. The number of rotatable bonds is 3. The lowest BCUT2D eigenvalue weighted by molar-refractivity contribution is 0.377. The van der Waals surface area contributed by atoms with Crippen LogP contribution in [0.3, 0.4) is 0 Å². The van der Waals surface area contributed by atoms with Gasteiger partial charge in [-0.3, -0.25) is 0 Å². The lowest BCUT2D eigenvalue weighted by Gasteiger charge is -2.30. The quantitative estimate of drug-likeness (QED) is 0.683. The van der Waals surface area contributed by atoms with Gasteiger partial charge in [-0.15, -0.1) is 0 Å². The highest BCUT2D eigenvalue weighted by Crippen LogP contribution is 2.35. The molecule has 0 saturated heterocycles. The fraction of sp³-hybridized carbons (Fsp3) is 0.222. The molecule has 1 aromatic heterocycles. The summed E-state index contributed by atoms with van der Waals surface area (Å²) in [7, 11) is 1.72. The van der Waals surface area contributed by atoms with E-state index < -0.39 is 0 Å². The Labute approximate surface area is 119 Å². The first-order chi connectivity index (χ1) is 9.64. The minimum atomic E-state index is -0.171. The van der Waals surface area contributed by atoms with Crippen LogP contribution in [0.25, 0.3) is 10.9 Å². The summed E-state index contributed by atoms with van der Waals surface area (Å²) in [5.74, 6) is 0.926. The van der Waals surface area contributed by atoms with E-state index in [1.54, 1.807) is 7.11 Å². The van der Waals surface area contributed by atoms with Crippen molar-refractivity contribution in [2.24, 2.45) is 0 Å². The first-order valence-electron chi connectivity index (χ1n) is 6.84. The largest absolute Gasteiger partial charge is 0.496 e. The van der Waals surface area contributed by atoms with Gasteiger partial charge in [0.2, 0.25) is 0 Å². The third kappa shape index (κ3) is 1.88. The van der Waals surface area contributed by atoms with E-state index in [1.165, 1.54) is 16.5 Å². The van der Waals surface area contributed by atoms with Crippen molar-refractivity contribution < 1.29 is 4.74 Å². The first-order valence-corrected chi connectivity index (χ1v) is 6.84. The fourth-order valence-electron chi connectivity index (χ4n) is 2.85. The molecule has 0 bridgehead atoms. The van der Waals surface area contributed by atoms with Crippen LogP contribution in [0.2, 0.25) is 0 Å². The van der Waals surface area contributed by atoms with Gasteiger partial charge >= 0.3 is 0 Å². The summed E-state index contributed by atoms with van der Waals surface area (Å²) in [5, 5.41) is 1.26. The van der Waals surface area contributed by atoms with Crippen LogP contribution in [0.1, 0.15) is 19.4 Å². The van der Waals surface area contributed by atoms with Gasteiger partial charge in [0.25, 0.3) is 0 Å². The molecule has 3 aromatic rings. The summed E-state index contributed by atoms with van der Waals surface area (Å²) in [4.78, 5) is 0. The maximum atomic E-state index is 5.53. The molecule has 0 radical (unpaired) electrons. The van der Waals surface area contributed by atoms with Crippen molar-refractivity contribution in [1.29, 1.82) is 0 Å². The molecule has 0 aliphatic rings. The molecular formula is C18H19NO. The zero-order valence-electron chi connectivity index (χ0n) is 12.1. The smallest absolute Gasteiger partial charge is 0.124 e. The van der Waals surface area contributed by atoms with Gasteiger partial charge < -0.3 is 9.30 Å². The molecular weight excluding hydrogens is 246 g/mol. The zero-order valence-corrected chi connectivity index (χ0v) is 12.1. The summed E-state index contributed by atoms with van der Waals surface area (Å²) in [6, 6.07) is 18.8. The van der Waals surface area contributed by atoms with Crippen LogP contribution in [0.15, 0.2) is 60.8 Å². The van der Waals surface area contributed by atoms with Gasteiger partial charge in [0.15, 0.2) is 0 Å². The van der Waals surface area contributed by atoms with Crippen LogP contribution < -0.4 is 4.74 Å². The third-order valence-electron chi connectivity index (χ3n) is 3.97. The van der Waals surface area contributed by atoms with Crippen molar-refractivity contribution in [2.75, 3.05) is 7.11 Å². The molecule has 0 atom stereocenters. The Morgan fingerprint density at radius 2 is 1.60 bits per heavy atom. The Morgan fingerprint density at radius 1 is 0.900 bits per heavy atom. The second-order valence-corrected chi connectivity index (χ2v) is 5.50. The highest BCUT2D eigenvalue weighted by Gasteiger charge is 2.26. The highest BCUT2D eigenvalue weighted by molar-refractivity contribution is 5.80. The molecule has 0 aliphatic carbocycles. The monoisotopic (exact) mass is 265 g/mol. The molecule has 1 heterocycles. The molecule has 0 N–H and O–H groups in total. The fourth-order valence-corrected chi connectivity index (χ4v) is 2.85. The second-order valence-electron chi connectivity index (χ2n) is 5.50. The van der Waals surface area contributed by atoms with E-state index >= 15 is 0 Å². The van der Waals surface area contributed by atoms with Gasteiger partial charge in [-0.05, 0) is 37.4 Å². The Balaban J connectivity index is 2.21. The molecule has 0 unspecified atom stereocenters. The maximum Gasteiger partial charge on any atom is 0.124 e. The van der Waals surface area contributed by atoms with Gasteiger partial charge in [0.1, 0.15) is 5.75 Å². The van der Waals surface area contributed by atoms with Gasteiger partial charge in [-0.1, -0.05) is 36.4 Å². The molecule has 0 spiro atoms. The first kappa shape index (κ1) is 12.8. The Morgan fingerprint density at radius 3 is 2.40 bits per heavy atom. The van der Waals surface area contributed by atoms with Crippen LogP contribution in [-0.4, -0.2) is 11.7 Å². The van der Waals surface area contributed by atoms with Crippen molar-refractivity contribution in [2.45, 2.75) is 19.4 Å². The lowest BCUT2D eigenvalue weighted by atomic mass is 9.92. The van der Waals surface area contributed by atoms with E-state index in [9.17, 15) is 0 Å². The SMILES string of the molecule is COc1ccccc1C(C)(C)n1ccc2ccccc21. The van der Waals surface area contributed by atoms with E-state index in [4.69, 9.17) is 4.74 Å². The average molecular weight is 265 g/mol. The summed E-state index contributed by atoms with van der Waals surface area (Å²) in [6.07, 6.45) is 2.15. The van der Waals surface area contributed by atoms with Crippen molar-refractivity contribution in [1.82, 2.24) is 4.57 Å². The molecule has 2 nitrogen and oxygen atoms in total.